The second kappa shape index (κ2) is 5.18. The molecular formula is C13H15FN2O2. The Bertz CT molecular complexity index is 538. The molecule has 2 rings (SSSR count). The van der Waals surface area contributed by atoms with Crippen LogP contribution in [-0.4, -0.2) is 14.7 Å². The van der Waals surface area contributed by atoms with Crippen molar-refractivity contribution >= 4 is 0 Å². The maximum Gasteiger partial charge on any atom is 0.146 e. The van der Waals surface area contributed by atoms with Crippen LogP contribution in [0.25, 0.3) is 0 Å². The Balaban J connectivity index is 2.18. The van der Waals surface area contributed by atoms with Gasteiger partial charge in [-0.2, -0.15) is 0 Å². The molecular weight excluding hydrogens is 235 g/mol. The van der Waals surface area contributed by atoms with Crippen molar-refractivity contribution in [3.63, 3.8) is 0 Å². The molecule has 1 aromatic heterocycles. The number of aliphatic hydroxyl groups is 1. The highest BCUT2D eigenvalue weighted by molar-refractivity contribution is 5.35. The van der Waals surface area contributed by atoms with Crippen LogP contribution >= 0.6 is 0 Å². The number of rotatable bonds is 4. The molecule has 0 amide bonds. The van der Waals surface area contributed by atoms with Crippen molar-refractivity contribution in [3.8, 4) is 5.75 Å². The lowest BCUT2D eigenvalue weighted by molar-refractivity contribution is 0.189. The highest BCUT2D eigenvalue weighted by atomic mass is 19.1. The Morgan fingerprint density at radius 1 is 1.50 bits per heavy atom. The van der Waals surface area contributed by atoms with Crippen molar-refractivity contribution in [3.05, 3.63) is 47.8 Å². The average molecular weight is 250 g/mol. The fraction of sp³-hybridized carbons (Fsp3) is 0.308. The number of aryl methyl sites for hydroxylation is 1. The molecule has 0 radical (unpaired) electrons. The van der Waals surface area contributed by atoms with E-state index in [1.165, 1.54) is 18.2 Å². The number of benzene rings is 1. The van der Waals surface area contributed by atoms with Crippen LogP contribution in [0.2, 0.25) is 0 Å². The molecule has 0 aliphatic rings. The van der Waals surface area contributed by atoms with Crippen LogP contribution in [0.3, 0.4) is 0 Å². The van der Waals surface area contributed by atoms with E-state index in [1.807, 2.05) is 11.6 Å². The van der Waals surface area contributed by atoms with Crippen molar-refractivity contribution in [2.24, 2.45) is 7.05 Å². The lowest BCUT2D eigenvalue weighted by Gasteiger charge is -2.13. The molecule has 1 N–H and O–H groups in total. The summed E-state index contributed by atoms with van der Waals surface area (Å²) < 4.78 is 20.5. The van der Waals surface area contributed by atoms with Gasteiger partial charge < -0.3 is 14.4 Å². The van der Waals surface area contributed by atoms with Crippen molar-refractivity contribution in [2.75, 3.05) is 0 Å². The maximum absolute atomic E-state index is 13.2. The second-order valence-electron chi connectivity index (χ2n) is 4.10. The first kappa shape index (κ1) is 12.6. The highest BCUT2D eigenvalue weighted by Crippen LogP contribution is 2.26. The molecule has 96 valence electrons. The number of halogens is 1. The van der Waals surface area contributed by atoms with Gasteiger partial charge in [-0.1, -0.05) is 0 Å². The van der Waals surface area contributed by atoms with E-state index < -0.39 is 11.9 Å². The zero-order valence-electron chi connectivity index (χ0n) is 10.3. The minimum Gasteiger partial charge on any atom is -0.485 e. The third kappa shape index (κ3) is 2.68. The van der Waals surface area contributed by atoms with Crippen LogP contribution in [0, 0.1) is 5.82 Å². The second-order valence-corrected chi connectivity index (χ2v) is 4.10. The molecule has 0 saturated heterocycles. The molecule has 0 aliphatic heterocycles. The molecule has 5 heteroatoms. The number of ether oxygens (including phenoxy) is 1. The topological polar surface area (TPSA) is 47.3 Å². The van der Waals surface area contributed by atoms with E-state index in [-0.39, 0.29) is 6.61 Å². The predicted molar refractivity (Wildman–Crippen MR) is 64.6 cm³/mol. The molecule has 0 bridgehead atoms. The summed E-state index contributed by atoms with van der Waals surface area (Å²) in [6, 6.07) is 4.09. The Morgan fingerprint density at radius 3 is 2.89 bits per heavy atom. The van der Waals surface area contributed by atoms with E-state index >= 15 is 0 Å². The summed E-state index contributed by atoms with van der Waals surface area (Å²) in [6.45, 7) is 1.84. The Hall–Kier alpha value is -1.88. The summed E-state index contributed by atoms with van der Waals surface area (Å²) in [7, 11) is 1.85. The fourth-order valence-electron chi connectivity index (χ4n) is 1.66. The Morgan fingerprint density at radius 2 is 2.28 bits per heavy atom. The molecule has 4 nitrogen and oxygen atoms in total. The van der Waals surface area contributed by atoms with E-state index in [0.717, 1.165) is 5.82 Å². The molecule has 0 spiro atoms. The lowest BCUT2D eigenvalue weighted by Crippen LogP contribution is -2.05. The summed E-state index contributed by atoms with van der Waals surface area (Å²) >= 11 is 0. The molecule has 0 fully saturated rings. The third-order valence-electron chi connectivity index (χ3n) is 2.70. The van der Waals surface area contributed by atoms with Gasteiger partial charge in [0.05, 0.1) is 6.10 Å². The fourth-order valence-corrected chi connectivity index (χ4v) is 1.66. The number of hydrogen-bond donors (Lipinski definition) is 1. The summed E-state index contributed by atoms with van der Waals surface area (Å²) in [6.07, 6.45) is 2.77. The van der Waals surface area contributed by atoms with Crippen LogP contribution in [0.4, 0.5) is 4.39 Å². The lowest BCUT2D eigenvalue weighted by atomic mass is 10.1. The third-order valence-corrected chi connectivity index (χ3v) is 2.70. The molecule has 1 heterocycles. The SMILES string of the molecule is C[C@@H](O)c1ccc(F)cc1OCc1nccn1C. The summed E-state index contributed by atoms with van der Waals surface area (Å²) in [5, 5.41) is 9.58. The first-order valence-electron chi connectivity index (χ1n) is 5.64. The van der Waals surface area contributed by atoms with Gasteiger partial charge in [0, 0.05) is 31.1 Å². The van der Waals surface area contributed by atoms with Crippen molar-refractivity contribution < 1.29 is 14.2 Å². The minimum absolute atomic E-state index is 0.229. The number of aromatic nitrogens is 2. The maximum atomic E-state index is 13.2. The minimum atomic E-state index is -0.707. The molecule has 0 saturated carbocycles. The van der Waals surface area contributed by atoms with E-state index in [1.54, 1.807) is 19.3 Å². The molecule has 1 aromatic carbocycles. The largest absolute Gasteiger partial charge is 0.485 e. The van der Waals surface area contributed by atoms with Gasteiger partial charge in [-0.05, 0) is 19.1 Å². The summed E-state index contributed by atoms with van der Waals surface area (Å²) in [5.74, 6) is 0.679. The van der Waals surface area contributed by atoms with Crippen molar-refractivity contribution in [1.29, 1.82) is 0 Å². The molecule has 1 atom stereocenters. The molecule has 18 heavy (non-hydrogen) atoms. The van der Waals surface area contributed by atoms with Gasteiger partial charge in [0.25, 0.3) is 0 Å². The summed E-state index contributed by atoms with van der Waals surface area (Å²) in [5.41, 5.74) is 0.561. The van der Waals surface area contributed by atoms with Gasteiger partial charge in [0.1, 0.15) is 24.0 Å². The van der Waals surface area contributed by atoms with Gasteiger partial charge in [-0.3, -0.25) is 0 Å². The Kier molecular flexibility index (Phi) is 3.62. The van der Waals surface area contributed by atoms with Gasteiger partial charge in [0.15, 0.2) is 0 Å². The number of hydrogen-bond acceptors (Lipinski definition) is 3. The number of nitrogens with zero attached hydrogens (tertiary/aromatic N) is 2. The van der Waals surface area contributed by atoms with Crippen LogP contribution in [0.15, 0.2) is 30.6 Å². The van der Waals surface area contributed by atoms with E-state index in [2.05, 4.69) is 4.98 Å². The number of imidazole rings is 1. The molecule has 0 aliphatic carbocycles. The van der Waals surface area contributed by atoms with Crippen molar-refractivity contribution in [2.45, 2.75) is 19.6 Å². The predicted octanol–water partition coefficient (Wildman–Crippen LogP) is 2.19. The van der Waals surface area contributed by atoms with Gasteiger partial charge in [0.2, 0.25) is 0 Å². The van der Waals surface area contributed by atoms with Gasteiger partial charge in [-0.15, -0.1) is 0 Å². The highest BCUT2D eigenvalue weighted by Gasteiger charge is 2.11. The van der Waals surface area contributed by atoms with E-state index in [4.69, 9.17) is 4.74 Å². The average Bonchev–Trinajstić information content (AvgIpc) is 2.72. The van der Waals surface area contributed by atoms with Crippen LogP contribution in [0.5, 0.6) is 5.75 Å². The molecule has 0 unspecified atom stereocenters. The quantitative estimate of drug-likeness (QED) is 0.904. The van der Waals surface area contributed by atoms with Crippen LogP contribution < -0.4 is 4.74 Å². The van der Waals surface area contributed by atoms with E-state index in [0.29, 0.717) is 11.3 Å². The van der Waals surface area contributed by atoms with Crippen molar-refractivity contribution in [1.82, 2.24) is 9.55 Å². The normalized spacial score (nSPS) is 12.4. The smallest absolute Gasteiger partial charge is 0.146 e. The first-order chi connectivity index (χ1) is 8.58. The zero-order chi connectivity index (χ0) is 13.1. The first-order valence-corrected chi connectivity index (χ1v) is 5.64. The molecule has 2 aromatic rings. The standard InChI is InChI=1S/C13H15FN2O2/c1-9(17)11-4-3-10(14)7-12(11)18-8-13-15-5-6-16(13)2/h3-7,9,17H,8H2,1-2H3/t9-/m1/s1. The van der Waals surface area contributed by atoms with Gasteiger partial charge in [-0.25, -0.2) is 9.37 Å². The zero-order valence-corrected chi connectivity index (χ0v) is 10.3. The Labute approximate surface area is 105 Å². The summed E-state index contributed by atoms with van der Waals surface area (Å²) in [4.78, 5) is 4.11. The van der Waals surface area contributed by atoms with Gasteiger partial charge >= 0.3 is 0 Å². The number of aliphatic hydroxyl groups excluding tert-OH is 1. The monoisotopic (exact) mass is 250 g/mol. The van der Waals surface area contributed by atoms with Crippen LogP contribution in [0.1, 0.15) is 24.4 Å². The van der Waals surface area contributed by atoms with E-state index in [9.17, 15) is 9.50 Å². The van der Waals surface area contributed by atoms with Crippen LogP contribution in [-0.2, 0) is 13.7 Å².